The Bertz CT molecular complexity index is 403. The summed E-state index contributed by atoms with van der Waals surface area (Å²) in [4.78, 5) is 0. The Balaban J connectivity index is 1.99. The summed E-state index contributed by atoms with van der Waals surface area (Å²) >= 11 is 0. The van der Waals surface area contributed by atoms with Gasteiger partial charge >= 0.3 is 0 Å². The SMILES string of the molecule is COc1ccc(CNC2(CO)CCCC2)cc1F. The van der Waals surface area contributed by atoms with E-state index in [0.29, 0.717) is 6.54 Å². The van der Waals surface area contributed by atoms with Gasteiger partial charge in [-0.15, -0.1) is 0 Å². The number of methoxy groups -OCH3 is 1. The van der Waals surface area contributed by atoms with Crippen molar-refractivity contribution in [2.24, 2.45) is 0 Å². The Kier molecular flexibility index (Phi) is 4.19. The Hall–Kier alpha value is -1.13. The summed E-state index contributed by atoms with van der Waals surface area (Å²) in [5, 5.41) is 12.8. The molecular formula is C14H20FNO2. The van der Waals surface area contributed by atoms with Crippen LogP contribution in [0.15, 0.2) is 18.2 Å². The number of rotatable bonds is 5. The number of hydrogen-bond donors (Lipinski definition) is 2. The van der Waals surface area contributed by atoms with Crippen LogP contribution in [0.4, 0.5) is 4.39 Å². The van der Waals surface area contributed by atoms with E-state index in [1.54, 1.807) is 6.07 Å². The highest BCUT2D eigenvalue weighted by Gasteiger charge is 2.32. The summed E-state index contributed by atoms with van der Waals surface area (Å²) in [6, 6.07) is 4.95. The first-order valence-corrected chi connectivity index (χ1v) is 6.37. The zero-order valence-corrected chi connectivity index (χ0v) is 10.7. The van der Waals surface area contributed by atoms with Crippen LogP contribution in [0.2, 0.25) is 0 Å². The molecular weight excluding hydrogens is 233 g/mol. The monoisotopic (exact) mass is 253 g/mol. The van der Waals surface area contributed by atoms with E-state index in [4.69, 9.17) is 4.74 Å². The van der Waals surface area contributed by atoms with Crippen molar-refractivity contribution in [1.82, 2.24) is 5.32 Å². The normalized spacial score (nSPS) is 17.9. The van der Waals surface area contributed by atoms with Crippen molar-refractivity contribution < 1.29 is 14.2 Å². The lowest BCUT2D eigenvalue weighted by molar-refractivity contribution is 0.163. The van der Waals surface area contributed by atoms with Crippen molar-refractivity contribution in [3.8, 4) is 5.75 Å². The van der Waals surface area contributed by atoms with E-state index in [9.17, 15) is 9.50 Å². The molecule has 0 aliphatic heterocycles. The molecule has 0 spiro atoms. The molecule has 4 heteroatoms. The van der Waals surface area contributed by atoms with Gasteiger partial charge in [-0.2, -0.15) is 0 Å². The van der Waals surface area contributed by atoms with Crippen LogP contribution < -0.4 is 10.1 Å². The van der Waals surface area contributed by atoms with Crippen LogP contribution in [0.25, 0.3) is 0 Å². The molecule has 0 atom stereocenters. The second-order valence-electron chi connectivity index (χ2n) is 4.97. The molecule has 1 aromatic carbocycles. The summed E-state index contributed by atoms with van der Waals surface area (Å²) in [6.07, 6.45) is 4.26. The van der Waals surface area contributed by atoms with Crippen molar-refractivity contribution >= 4 is 0 Å². The molecule has 0 saturated heterocycles. The Labute approximate surface area is 107 Å². The molecule has 0 unspecified atom stereocenters. The average Bonchev–Trinajstić information content (AvgIpc) is 2.86. The molecule has 0 heterocycles. The molecule has 0 amide bonds. The van der Waals surface area contributed by atoms with Gasteiger partial charge in [0.25, 0.3) is 0 Å². The van der Waals surface area contributed by atoms with Gasteiger partial charge in [0.2, 0.25) is 0 Å². The van der Waals surface area contributed by atoms with Gasteiger partial charge in [-0.1, -0.05) is 18.9 Å². The molecule has 0 bridgehead atoms. The first-order valence-electron chi connectivity index (χ1n) is 6.37. The second-order valence-corrected chi connectivity index (χ2v) is 4.97. The molecule has 1 aliphatic rings. The van der Waals surface area contributed by atoms with Gasteiger partial charge in [-0.05, 0) is 30.5 Å². The molecule has 0 aromatic heterocycles. The van der Waals surface area contributed by atoms with Crippen molar-refractivity contribution in [2.75, 3.05) is 13.7 Å². The van der Waals surface area contributed by atoms with E-state index in [1.165, 1.54) is 13.2 Å². The number of aliphatic hydroxyl groups is 1. The summed E-state index contributed by atoms with van der Waals surface area (Å²) in [7, 11) is 1.45. The molecule has 1 aromatic rings. The van der Waals surface area contributed by atoms with Gasteiger partial charge in [-0.25, -0.2) is 4.39 Å². The standard InChI is InChI=1S/C14H20FNO2/c1-18-13-5-4-11(8-12(13)15)9-16-14(10-17)6-2-3-7-14/h4-5,8,16-17H,2-3,6-7,9-10H2,1H3. The molecule has 18 heavy (non-hydrogen) atoms. The molecule has 1 saturated carbocycles. The van der Waals surface area contributed by atoms with Crippen LogP contribution in [0.1, 0.15) is 31.2 Å². The third kappa shape index (κ3) is 2.82. The zero-order valence-electron chi connectivity index (χ0n) is 10.7. The molecule has 2 rings (SSSR count). The third-order valence-electron chi connectivity index (χ3n) is 3.75. The minimum absolute atomic E-state index is 0.144. The molecule has 100 valence electrons. The van der Waals surface area contributed by atoms with Gasteiger partial charge < -0.3 is 15.2 Å². The molecule has 0 radical (unpaired) electrons. The van der Waals surface area contributed by atoms with Gasteiger partial charge in [0, 0.05) is 12.1 Å². The minimum atomic E-state index is -0.346. The van der Waals surface area contributed by atoms with E-state index in [1.807, 2.05) is 6.07 Å². The first kappa shape index (κ1) is 13.3. The van der Waals surface area contributed by atoms with E-state index in [2.05, 4.69) is 5.32 Å². The van der Waals surface area contributed by atoms with Gasteiger partial charge in [0.1, 0.15) is 0 Å². The van der Waals surface area contributed by atoms with E-state index in [0.717, 1.165) is 31.2 Å². The van der Waals surface area contributed by atoms with Gasteiger partial charge in [0.15, 0.2) is 11.6 Å². The smallest absolute Gasteiger partial charge is 0.165 e. The molecule has 1 fully saturated rings. The van der Waals surface area contributed by atoms with Crippen LogP contribution >= 0.6 is 0 Å². The minimum Gasteiger partial charge on any atom is -0.494 e. The van der Waals surface area contributed by atoms with E-state index < -0.39 is 0 Å². The zero-order chi connectivity index (χ0) is 13.0. The average molecular weight is 253 g/mol. The third-order valence-corrected chi connectivity index (χ3v) is 3.75. The molecule has 1 aliphatic carbocycles. The second kappa shape index (κ2) is 5.67. The van der Waals surface area contributed by atoms with Gasteiger partial charge in [-0.3, -0.25) is 0 Å². The largest absolute Gasteiger partial charge is 0.494 e. The number of aliphatic hydroxyl groups excluding tert-OH is 1. The number of nitrogens with one attached hydrogen (secondary N) is 1. The number of benzene rings is 1. The Morgan fingerprint density at radius 1 is 1.39 bits per heavy atom. The van der Waals surface area contributed by atoms with Crippen molar-refractivity contribution in [3.05, 3.63) is 29.6 Å². The maximum absolute atomic E-state index is 13.5. The fourth-order valence-corrected chi connectivity index (χ4v) is 2.55. The van der Waals surface area contributed by atoms with Crippen LogP contribution in [-0.4, -0.2) is 24.4 Å². The lowest BCUT2D eigenvalue weighted by atomic mass is 9.98. The summed E-state index contributed by atoms with van der Waals surface area (Å²) in [5.41, 5.74) is 0.698. The number of ether oxygens (including phenoxy) is 1. The van der Waals surface area contributed by atoms with Crippen molar-refractivity contribution in [1.29, 1.82) is 0 Å². The Morgan fingerprint density at radius 2 is 2.11 bits per heavy atom. The van der Waals surface area contributed by atoms with Gasteiger partial charge in [0.05, 0.1) is 13.7 Å². The lowest BCUT2D eigenvalue weighted by Crippen LogP contribution is -2.45. The van der Waals surface area contributed by atoms with Crippen LogP contribution in [0.5, 0.6) is 5.75 Å². The number of halogens is 1. The van der Waals surface area contributed by atoms with E-state index in [-0.39, 0.29) is 23.7 Å². The van der Waals surface area contributed by atoms with E-state index >= 15 is 0 Å². The predicted molar refractivity (Wildman–Crippen MR) is 68.1 cm³/mol. The maximum Gasteiger partial charge on any atom is 0.165 e. The molecule has 3 nitrogen and oxygen atoms in total. The predicted octanol–water partition coefficient (Wildman–Crippen LogP) is 2.23. The highest BCUT2D eigenvalue weighted by Crippen LogP contribution is 2.29. The van der Waals surface area contributed by atoms with Crippen LogP contribution in [0, 0.1) is 5.82 Å². The van der Waals surface area contributed by atoms with Crippen LogP contribution in [0.3, 0.4) is 0 Å². The lowest BCUT2D eigenvalue weighted by Gasteiger charge is -2.28. The first-order chi connectivity index (χ1) is 8.69. The summed E-state index contributed by atoms with van der Waals surface area (Å²) in [5.74, 6) is -0.0854. The van der Waals surface area contributed by atoms with Crippen molar-refractivity contribution in [3.63, 3.8) is 0 Å². The number of hydrogen-bond acceptors (Lipinski definition) is 3. The highest BCUT2D eigenvalue weighted by atomic mass is 19.1. The van der Waals surface area contributed by atoms with Crippen LogP contribution in [-0.2, 0) is 6.54 Å². The fraction of sp³-hybridized carbons (Fsp3) is 0.571. The summed E-state index contributed by atoms with van der Waals surface area (Å²) in [6.45, 7) is 0.715. The van der Waals surface area contributed by atoms with Crippen molar-refractivity contribution in [2.45, 2.75) is 37.8 Å². The quantitative estimate of drug-likeness (QED) is 0.845. The fourth-order valence-electron chi connectivity index (χ4n) is 2.55. The summed E-state index contributed by atoms with van der Waals surface area (Å²) < 4.78 is 18.4. The maximum atomic E-state index is 13.5. The molecule has 2 N–H and O–H groups in total. The topological polar surface area (TPSA) is 41.5 Å². The highest BCUT2D eigenvalue weighted by molar-refractivity contribution is 5.29. The Morgan fingerprint density at radius 3 is 2.67 bits per heavy atom.